The van der Waals surface area contributed by atoms with Gasteiger partial charge in [0.2, 0.25) is 0 Å². The Morgan fingerprint density at radius 1 is 1.62 bits per heavy atom. The van der Waals surface area contributed by atoms with E-state index in [1.54, 1.807) is 0 Å². The molecule has 4 nitrogen and oxygen atoms in total. The molecule has 0 aromatic carbocycles. The number of nitrogens with one attached hydrogen (secondary N) is 1. The fourth-order valence-corrected chi connectivity index (χ4v) is 0.739. The molecule has 1 amide bonds. The van der Waals surface area contributed by atoms with E-state index in [9.17, 15) is 18.0 Å². The van der Waals surface area contributed by atoms with Crippen LogP contribution in [-0.2, 0) is 7.05 Å². The molecule has 1 aromatic heterocycles. The topological polar surface area (TPSA) is 46.9 Å². The molecule has 0 atom stereocenters. The number of amides is 1. The number of alkyl halides is 3. The molecule has 72 valence electrons. The maximum absolute atomic E-state index is 11.6. The van der Waals surface area contributed by atoms with E-state index < -0.39 is 12.2 Å². The van der Waals surface area contributed by atoms with Crippen molar-refractivity contribution in [3.63, 3.8) is 0 Å². The fourth-order valence-electron chi connectivity index (χ4n) is 0.739. The summed E-state index contributed by atoms with van der Waals surface area (Å²) in [5.74, 6) is -1.21. The predicted octanol–water partition coefficient (Wildman–Crippen LogP) is 0.670. The Morgan fingerprint density at radius 2 is 2.23 bits per heavy atom. The second-order valence-electron chi connectivity index (χ2n) is 2.35. The second-order valence-corrected chi connectivity index (χ2v) is 2.35. The second kappa shape index (κ2) is 3.08. The Kier molecular flexibility index (Phi) is 2.26. The summed E-state index contributed by atoms with van der Waals surface area (Å²) in [7, 11) is 1.50. The summed E-state index contributed by atoms with van der Waals surface area (Å²) in [6.45, 7) is 0. The number of carbonyl (C=O) groups excluding carboxylic acids is 1. The molecular weight excluding hydrogens is 187 g/mol. The van der Waals surface area contributed by atoms with Gasteiger partial charge in [0.25, 0.3) is 5.91 Å². The summed E-state index contributed by atoms with van der Waals surface area (Å²) in [6, 6.07) is 0. The first kappa shape index (κ1) is 9.56. The van der Waals surface area contributed by atoms with Crippen LogP contribution in [0.1, 0.15) is 10.4 Å². The lowest BCUT2D eigenvalue weighted by Crippen LogP contribution is -2.36. The summed E-state index contributed by atoms with van der Waals surface area (Å²) in [5, 5.41) is 4.41. The quantitative estimate of drug-likeness (QED) is 0.666. The number of carbonyl (C=O) groups is 1. The minimum Gasteiger partial charge on any atom is -0.275 e. The van der Waals surface area contributed by atoms with E-state index in [4.69, 9.17) is 0 Å². The molecule has 0 aliphatic heterocycles. The van der Waals surface area contributed by atoms with E-state index in [1.807, 2.05) is 0 Å². The zero-order valence-corrected chi connectivity index (χ0v) is 6.59. The van der Waals surface area contributed by atoms with Crippen LogP contribution in [0.15, 0.2) is 12.4 Å². The molecule has 1 rings (SSSR count). The molecule has 0 radical (unpaired) electrons. The summed E-state index contributed by atoms with van der Waals surface area (Å²) in [5.41, 5.74) is -0.125. The van der Waals surface area contributed by atoms with Gasteiger partial charge >= 0.3 is 6.30 Å². The molecule has 1 aromatic rings. The zero-order chi connectivity index (χ0) is 10.1. The zero-order valence-electron chi connectivity index (χ0n) is 6.59. The van der Waals surface area contributed by atoms with Crippen molar-refractivity contribution in [3.8, 4) is 0 Å². The van der Waals surface area contributed by atoms with Gasteiger partial charge in [-0.15, -0.1) is 0 Å². The summed E-state index contributed by atoms with van der Waals surface area (Å²) >= 11 is 0. The van der Waals surface area contributed by atoms with Crippen molar-refractivity contribution >= 4 is 5.91 Å². The molecule has 0 bridgehead atoms. The SMILES string of the molecule is Cn1cc(C(=O)NC(F)(F)F)cn1. The molecule has 0 aliphatic carbocycles. The highest BCUT2D eigenvalue weighted by Crippen LogP contribution is 2.10. The van der Waals surface area contributed by atoms with Crippen molar-refractivity contribution in [2.75, 3.05) is 0 Å². The van der Waals surface area contributed by atoms with E-state index in [2.05, 4.69) is 5.10 Å². The molecule has 7 heteroatoms. The van der Waals surface area contributed by atoms with Crippen LogP contribution >= 0.6 is 0 Å². The average Bonchev–Trinajstić information content (AvgIpc) is 2.31. The molecule has 0 saturated heterocycles. The summed E-state index contributed by atoms with van der Waals surface area (Å²) in [4.78, 5) is 10.8. The summed E-state index contributed by atoms with van der Waals surface area (Å²) < 4.78 is 36.2. The third-order valence-corrected chi connectivity index (χ3v) is 1.22. The molecule has 0 saturated carbocycles. The third kappa shape index (κ3) is 2.77. The van der Waals surface area contributed by atoms with Crippen LogP contribution in [0, 0.1) is 0 Å². The van der Waals surface area contributed by atoms with Gasteiger partial charge in [-0.2, -0.15) is 18.3 Å². The van der Waals surface area contributed by atoms with E-state index in [0.717, 1.165) is 11.5 Å². The van der Waals surface area contributed by atoms with Gasteiger partial charge < -0.3 is 0 Å². The van der Waals surface area contributed by atoms with Crippen LogP contribution in [0.2, 0.25) is 0 Å². The van der Waals surface area contributed by atoms with Gasteiger partial charge in [0, 0.05) is 13.2 Å². The first-order valence-electron chi connectivity index (χ1n) is 3.26. The van der Waals surface area contributed by atoms with Crippen LogP contribution < -0.4 is 5.32 Å². The molecule has 0 unspecified atom stereocenters. The highest BCUT2D eigenvalue weighted by Gasteiger charge is 2.30. The lowest BCUT2D eigenvalue weighted by Gasteiger charge is -2.05. The predicted molar refractivity (Wildman–Crippen MR) is 36.7 cm³/mol. The first-order valence-corrected chi connectivity index (χ1v) is 3.26. The highest BCUT2D eigenvalue weighted by atomic mass is 19.4. The van der Waals surface area contributed by atoms with Gasteiger partial charge in [0.05, 0.1) is 11.8 Å². The van der Waals surface area contributed by atoms with Gasteiger partial charge in [0.15, 0.2) is 0 Å². The normalized spacial score (nSPS) is 11.4. The Labute approximate surface area is 71.3 Å². The van der Waals surface area contributed by atoms with Crippen molar-refractivity contribution in [1.82, 2.24) is 15.1 Å². The number of hydrogen-bond acceptors (Lipinski definition) is 2. The number of halogens is 3. The minimum atomic E-state index is -4.70. The molecule has 1 N–H and O–H groups in total. The fraction of sp³-hybridized carbons (Fsp3) is 0.333. The van der Waals surface area contributed by atoms with E-state index in [-0.39, 0.29) is 5.56 Å². The Hall–Kier alpha value is -1.53. The standard InChI is InChI=1S/C6H6F3N3O/c1-12-3-4(2-10-12)5(13)11-6(7,8)9/h2-3H,1H3,(H,11,13). The van der Waals surface area contributed by atoms with Crippen LogP contribution in [-0.4, -0.2) is 22.0 Å². The minimum absolute atomic E-state index is 0.125. The molecule has 0 aliphatic rings. The Balaban J connectivity index is 2.70. The number of aryl methyl sites for hydroxylation is 1. The van der Waals surface area contributed by atoms with Gasteiger partial charge in [-0.3, -0.25) is 14.8 Å². The van der Waals surface area contributed by atoms with Crippen LogP contribution in [0.5, 0.6) is 0 Å². The largest absolute Gasteiger partial charge is 0.484 e. The number of hydrogen-bond donors (Lipinski definition) is 1. The Bertz CT molecular complexity index is 317. The van der Waals surface area contributed by atoms with E-state index in [0.29, 0.717) is 0 Å². The molecule has 0 fully saturated rings. The molecule has 13 heavy (non-hydrogen) atoms. The Morgan fingerprint density at radius 3 is 2.62 bits per heavy atom. The average molecular weight is 193 g/mol. The van der Waals surface area contributed by atoms with Crippen LogP contribution in [0.4, 0.5) is 13.2 Å². The maximum atomic E-state index is 11.6. The number of aromatic nitrogens is 2. The lowest BCUT2D eigenvalue weighted by atomic mass is 10.3. The number of nitrogens with zero attached hydrogens (tertiary/aromatic N) is 2. The van der Waals surface area contributed by atoms with Crippen molar-refractivity contribution in [2.45, 2.75) is 6.30 Å². The van der Waals surface area contributed by atoms with Gasteiger partial charge in [-0.05, 0) is 0 Å². The molecule has 0 spiro atoms. The van der Waals surface area contributed by atoms with Gasteiger partial charge in [-0.1, -0.05) is 0 Å². The molecule has 1 heterocycles. The van der Waals surface area contributed by atoms with Gasteiger partial charge in [-0.25, -0.2) is 0 Å². The highest BCUT2D eigenvalue weighted by molar-refractivity contribution is 5.93. The van der Waals surface area contributed by atoms with Crippen molar-refractivity contribution in [2.24, 2.45) is 7.05 Å². The monoisotopic (exact) mass is 193 g/mol. The third-order valence-electron chi connectivity index (χ3n) is 1.22. The van der Waals surface area contributed by atoms with Crippen LogP contribution in [0.25, 0.3) is 0 Å². The molecular formula is C6H6F3N3O. The van der Waals surface area contributed by atoms with E-state index >= 15 is 0 Å². The summed E-state index contributed by atoms with van der Waals surface area (Å²) in [6.07, 6.45) is -2.45. The number of rotatable bonds is 1. The van der Waals surface area contributed by atoms with Crippen molar-refractivity contribution in [3.05, 3.63) is 18.0 Å². The first-order chi connectivity index (χ1) is 5.88. The maximum Gasteiger partial charge on any atom is 0.484 e. The lowest BCUT2D eigenvalue weighted by molar-refractivity contribution is -0.146. The van der Waals surface area contributed by atoms with Crippen molar-refractivity contribution in [1.29, 1.82) is 0 Å². The van der Waals surface area contributed by atoms with Gasteiger partial charge in [0.1, 0.15) is 0 Å². The van der Waals surface area contributed by atoms with Crippen molar-refractivity contribution < 1.29 is 18.0 Å². The van der Waals surface area contributed by atoms with Crippen LogP contribution in [0.3, 0.4) is 0 Å². The smallest absolute Gasteiger partial charge is 0.275 e. The van der Waals surface area contributed by atoms with E-state index in [1.165, 1.54) is 17.9 Å².